The van der Waals surface area contributed by atoms with E-state index in [1.54, 1.807) is 0 Å². The van der Waals surface area contributed by atoms with Gasteiger partial charge in [-0.05, 0) is 24.6 Å². The molecule has 0 atom stereocenters. The zero-order valence-electron chi connectivity index (χ0n) is 10.8. The fourth-order valence-corrected chi connectivity index (χ4v) is 2.67. The highest BCUT2D eigenvalue weighted by molar-refractivity contribution is 7.89. The number of nitrogens with two attached hydrogens (primary N) is 1. The standard InChI is InChI=1S/C12H16N2O5S/c13-20(17,18)9-2-3-11(10(8-9)12(15)16)14-4-1-6-19-7-5-14/h2-3,8H,1,4-7H2,(H,15,16)(H2,13,17,18). The minimum absolute atomic E-state index is 0.0709. The second kappa shape index (κ2) is 5.78. The van der Waals surface area contributed by atoms with Gasteiger partial charge in [-0.15, -0.1) is 0 Å². The Balaban J connectivity index is 2.44. The molecular weight excluding hydrogens is 284 g/mol. The fraction of sp³-hybridized carbons (Fsp3) is 0.417. The van der Waals surface area contributed by atoms with Gasteiger partial charge in [-0.1, -0.05) is 0 Å². The molecule has 0 radical (unpaired) electrons. The van der Waals surface area contributed by atoms with Crippen LogP contribution in [0.5, 0.6) is 0 Å². The largest absolute Gasteiger partial charge is 0.478 e. The highest BCUT2D eigenvalue weighted by Crippen LogP contribution is 2.24. The van der Waals surface area contributed by atoms with Crippen LogP contribution in [0.25, 0.3) is 0 Å². The lowest BCUT2D eigenvalue weighted by Gasteiger charge is -2.24. The number of carboxylic acids is 1. The summed E-state index contributed by atoms with van der Waals surface area (Å²) in [7, 11) is -3.92. The van der Waals surface area contributed by atoms with E-state index in [2.05, 4.69) is 0 Å². The Morgan fingerprint density at radius 1 is 1.30 bits per heavy atom. The van der Waals surface area contributed by atoms with Gasteiger partial charge in [0.05, 0.1) is 22.8 Å². The van der Waals surface area contributed by atoms with Crippen LogP contribution in [-0.2, 0) is 14.8 Å². The minimum atomic E-state index is -3.92. The van der Waals surface area contributed by atoms with Gasteiger partial charge in [0.1, 0.15) is 0 Å². The van der Waals surface area contributed by atoms with E-state index in [0.717, 1.165) is 12.5 Å². The topological polar surface area (TPSA) is 110 Å². The van der Waals surface area contributed by atoms with Crippen molar-refractivity contribution in [3.63, 3.8) is 0 Å². The molecule has 110 valence electrons. The van der Waals surface area contributed by atoms with Crippen molar-refractivity contribution in [2.75, 3.05) is 31.2 Å². The Bertz CT molecular complexity index is 606. The molecule has 2 rings (SSSR count). The van der Waals surface area contributed by atoms with Gasteiger partial charge < -0.3 is 14.7 Å². The first-order valence-corrected chi connectivity index (χ1v) is 7.67. The summed E-state index contributed by atoms with van der Waals surface area (Å²) in [5, 5.41) is 14.3. The van der Waals surface area contributed by atoms with E-state index in [0.29, 0.717) is 32.0 Å². The summed E-state index contributed by atoms with van der Waals surface area (Å²) in [6.07, 6.45) is 0.788. The Morgan fingerprint density at radius 3 is 2.70 bits per heavy atom. The number of primary sulfonamides is 1. The van der Waals surface area contributed by atoms with Gasteiger partial charge >= 0.3 is 5.97 Å². The zero-order valence-corrected chi connectivity index (χ0v) is 11.6. The minimum Gasteiger partial charge on any atom is -0.478 e. The molecule has 0 aromatic heterocycles. The summed E-state index contributed by atoms with van der Waals surface area (Å²) in [6, 6.07) is 3.90. The Morgan fingerprint density at radius 2 is 2.05 bits per heavy atom. The molecule has 0 bridgehead atoms. The number of sulfonamides is 1. The molecule has 1 aromatic rings. The number of rotatable bonds is 3. The highest BCUT2D eigenvalue weighted by Gasteiger charge is 2.20. The number of hydrogen-bond donors (Lipinski definition) is 2. The van der Waals surface area contributed by atoms with Gasteiger partial charge in [0.25, 0.3) is 0 Å². The second-order valence-electron chi connectivity index (χ2n) is 4.48. The third kappa shape index (κ3) is 3.27. The van der Waals surface area contributed by atoms with Crippen molar-refractivity contribution >= 4 is 21.7 Å². The number of ether oxygens (including phenoxy) is 1. The van der Waals surface area contributed by atoms with Crippen LogP contribution < -0.4 is 10.0 Å². The Kier molecular flexibility index (Phi) is 4.26. The average Bonchev–Trinajstić information content (AvgIpc) is 2.65. The quantitative estimate of drug-likeness (QED) is 0.828. The number of carbonyl (C=O) groups is 1. The first-order chi connectivity index (χ1) is 9.39. The summed E-state index contributed by atoms with van der Waals surface area (Å²) in [5.41, 5.74) is 0.411. The van der Waals surface area contributed by atoms with E-state index in [1.165, 1.54) is 12.1 Å². The molecule has 1 aromatic carbocycles. The number of nitrogens with zero attached hydrogens (tertiary/aromatic N) is 1. The van der Waals surface area contributed by atoms with Crippen LogP contribution in [-0.4, -0.2) is 45.8 Å². The molecule has 1 aliphatic heterocycles. The number of hydrogen-bond acceptors (Lipinski definition) is 5. The van der Waals surface area contributed by atoms with Crippen LogP contribution in [0.15, 0.2) is 23.1 Å². The van der Waals surface area contributed by atoms with Crippen molar-refractivity contribution in [3.05, 3.63) is 23.8 Å². The fourth-order valence-electron chi connectivity index (χ4n) is 2.13. The second-order valence-corrected chi connectivity index (χ2v) is 6.04. The van der Waals surface area contributed by atoms with E-state index < -0.39 is 16.0 Å². The van der Waals surface area contributed by atoms with E-state index in [-0.39, 0.29) is 10.5 Å². The summed E-state index contributed by atoms with van der Waals surface area (Å²) >= 11 is 0. The summed E-state index contributed by atoms with van der Waals surface area (Å²) < 4.78 is 27.9. The molecule has 1 heterocycles. The van der Waals surface area contributed by atoms with Crippen molar-refractivity contribution in [2.24, 2.45) is 5.14 Å². The van der Waals surface area contributed by atoms with Gasteiger partial charge in [-0.2, -0.15) is 0 Å². The smallest absolute Gasteiger partial charge is 0.337 e. The number of anilines is 1. The van der Waals surface area contributed by atoms with Crippen molar-refractivity contribution in [1.29, 1.82) is 0 Å². The average molecular weight is 300 g/mol. The molecule has 1 saturated heterocycles. The van der Waals surface area contributed by atoms with Crippen molar-refractivity contribution in [1.82, 2.24) is 0 Å². The third-order valence-corrected chi connectivity index (χ3v) is 4.00. The Hall–Kier alpha value is -1.64. The first-order valence-electron chi connectivity index (χ1n) is 6.12. The van der Waals surface area contributed by atoms with Crippen LogP contribution in [0.2, 0.25) is 0 Å². The van der Waals surface area contributed by atoms with Gasteiger partial charge in [-0.25, -0.2) is 18.4 Å². The molecule has 7 nitrogen and oxygen atoms in total. The van der Waals surface area contributed by atoms with E-state index in [9.17, 15) is 18.3 Å². The molecule has 1 fully saturated rings. The monoisotopic (exact) mass is 300 g/mol. The summed E-state index contributed by atoms with van der Waals surface area (Å²) in [6.45, 7) is 2.37. The lowest BCUT2D eigenvalue weighted by atomic mass is 10.1. The third-order valence-electron chi connectivity index (χ3n) is 3.09. The maximum Gasteiger partial charge on any atom is 0.337 e. The SMILES string of the molecule is NS(=O)(=O)c1ccc(N2CCCOCC2)c(C(=O)O)c1. The van der Waals surface area contributed by atoms with E-state index in [4.69, 9.17) is 9.88 Å². The maximum atomic E-state index is 11.3. The molecule has 1 aliphatic rings. The molecular formula is C12H16N2O5S. The Labute approximate surface area is 117 Å². The van der Waals surface area contributed by atoms with E-state index >= 15 is 0 Å². The van der Waals surface area contributed by atoms with Crippen molar-refractivity contribution in [3.8, 4) is 0 Å². The number of carboxylic acid groups (broad SMARTS) is 1. The van der Waals surface area contributed by atoms with Gasteiger partial charge in [0, 0.05) is 19.7 Å². The van der Waals surface area contributed by atoms with Gasteiger partial charge in [0.15, 0.2) is 0 Å². The summed E-state index contributed by atoms with van der Waals surface area (Å²) in [4.78, 5) is 13.0. The first kappa shape index (κ1) is 14.8. The molecule has 0 aliphatic carbocycles. The van der Waals surface area contributed by atoms with Crippen LogP contribution in [0.4, 0.5) is 5.69 Å². The molecule has 0 spiro atoms. The van der Waals surface area contributed by atoms with Crippen molar-refractivity contribution < 1.29 is 23.1 Å². The molecule has 0 amide bonds. The van der Waals surface area contributed by atoms with Crippen LogP contribution in [0.1, 0.15) is 16.8 Å². The predicted octanol–water partition coefficient (Wildman–Crippen LogP) is 0.259. The zero-order chi connectivity index (χ0) is 14.8. The van der Waals surface area contributed by atoms with Crippen molar-refractivity contribution in [2.45, 2.75) is 11.3 Å². The van der Waals surface area contributed by atoms with Crippen LogP contribution >= 0.6 is 0 Å². The van der Waals surface area contributed by atoms with Crippen LogP contribution in [0.3, 0.4) is 0 Å². The van der Waals surface area contributed by atoms with Gasteiger partial charge in [-0.3, -0.25) is 0 Å². The lowest BCUT2D eigenvalue weighted by Crippen LogP contribution is -2.28. The van der Waals surface area contributed by atoms with Crippen LogP contribution in [0, 0.1) is 0 Å². The predicted molar refractivity (Wildman–Crippen MR) is 72.4 cm³/mol. The summed E-state index contributed by atoms with van der Waals surface area (Å²) in [5.74, 6) is -1.18. The molecule has 0 saturated carbocycles. The lowest BCUT2D eigenvalue weighted by molar-refractivity contribution is 0.0697. The van der Waals surface area contributed by atoms with Gasteiger partial charge in [0.2, 0.25) is 10.0 Å². The van der Waals surface area contributed by atoms with E-state index in [1.807, 2.05) is 4.90 Å². The maximum absolute atomic E-state index is 11.3. The molecule has 0 unspecified atom stereocenters. The molecule has 20 heavy (non-hydrogen) atoms. The molecule has 3 N–H and O–H groups in total. The number of aromatic carboxylic acids is 1. The number of benzene rings is 1. The normalized spacial score (nSPS) is 16.8. The highest BCUT2D eigenvalue weighted by atomic mass is 32.2. The molecule has 8 heteroatoms.